The summed E-state index contributed by atoms with van der Waals surface area (Å²) in [5.74, 6) is 1.19. The van der Waals surface area contributed by atoms with Crippen LogP contribution in [-0.2, 0) is 23.0 Å². The van der Waals surface area contributed by atoms with E-state index in [-0.39, 0.29) is 11.6 Å². The van der Waals surface area contributed by atoms with Gasteiger partial charge in [0.15, 0.2) is 0 Å². The summed E-state index contributed by atoms with van der Waals surface area (Å²) in [4.78, 5) is 13.4. The van der Waals surface area contributed by atoms with Crippen molar-refractivity contribution in [2.45, 2.75) is 13.2 Å². The molecular formula is C30H28FN5O3S. The summed E-state index contributed by atoms with van der Waals surface area (Å²) >= 11 is 0. The molecular weight excluding hydrogens is 529 g/mol. The maximum Gasteiger partial charge on any atom is 0.148 e. The molecule has 0 fully saturated rings. The van der Waals surface area contributed by atoms with E-state index in [1.165, 1.54) is 24.7 Å². The Morgan fingerprint density at radius 2 is 1.60 bits per heavy atom. The van der Waals surface area contributed by atoms with Crippen LogP contribution in [0.25, 0.3) is 22.2 Å². The average molecular weight is 558 g/mol. The highest BCUT2D eigenvalue weighted by atomic mass is 32.2. The van der Waals surface area contributed by atoms with Crippen molar-refractivity contribution in [1.82, 2.24) is 20.3 Å². The minimum atomic E-state index is -2.98. The molecule has 0 aliphatic rings. The zero-order valence-electron chi connectivity index (χ0n) is 21.8. The molecule has 0 radical (unpaired) electrons. The molecule has 0 saturated heterocycles. The molecule has 0 aliphatic carbocycles. The second-order valence-electron chi connectivity index (χ2n) is 9.38. The molecule has 0 unspecified atom stereocenters. The molecule has 0 bridgehead atoms. The maximum absolute atomic E-state index is 13.1. The number of nitrogens with one attached hydrogen (secondary N) is 2. The number of hydrogen-bond donors (Lipinski definition) is 2. The van der Waals surface area contributed by atoms with E-state index in [4.69, 9.17) is 4.74 Å². The van der Waals surface area contributed by atoms with Crippen LogP contribution in [0, 0.1) is 5.82 Å². The van der Waals surface area contributed by atoms with Gasteiger partial charge in [0, 0.05) is 36.0 Å². The topological polar surface area (TPSA) is 106 Å². The number of anilines is 2. The van der Waals surface area contributed by atoms with E-state index in [1.54, 1.807) is 18.3 Å². The molecule has 0 atom stereocenters. The van der Waals surface area contributed by atoms with Crippen LogP contribution in [0.5, 0.6) is 5.75 Å². The molecule has 0 amide bonds. The van der Waals surface area contributed by atoms with Crippen LogP contribution < -0.4 is 15.4 Å². The van der Waals surface area contributed by atoms with E-state index in [0.29, 0.717) is 36.8 Å². The number of sulfone groups is 1. The summed E-state index contributed by atoms with van der Waals surface area (Å²) in [6.45, 7) is 1.34. The molecule has 3 aromatic carbocycles. The second-order valence-corrected chi connectivity index (χ2v) is 11.6. The predicted molar refractivity (Wildman–Crippen MR) is 155 cm³/mol. The normalized spacial score (nSPS) is 11.4. The van der Waals surface area contributed by atoms with Gasteiger partial charge in [0.25, 0.3) is 0 Å². The molecule has 5 rings (SSSR count). The smallest absolute Gasteiger partial charge is 0.148 e. The van der Waals surface area contributed by atoms with Crippen molar-refractivity contribution in [3.8, 4) is 17.0 Å². The van der Waals surface area contributed by atoms with Crippen LogP contribution in [0.2, 0.25) is 0 Å². The number of pyridine rings is 1. The highest BCUT2D eigenvalue weighted by Gasteiger charge is 2.09. The number of nitrogens with zero attached hydrogens (tertiary/aromatic N) is 3. The lowest BCUT2D eigenvalue weighted by Gasteiger charge is -2.11. The lowest BCUT2D eigenvalue weighted by atomic mass is 10.1. The van der Waals surface area contributed by atoms with Crippen LogP contribution >= 0.6 is 0 Å². The minimum Gasteiger partial charge on any atom is -0.489 e. The zero-order chi connectivity index (χ0) is 28.0. The van der Waals surface area contributed by atoms with Crippen molar-refractivity contribution in [2.24, 2.45) is 0 Å². The van der Waals surface area contributed by atoms with E-state index in [1.807, 2.05) is 54.6 Å². The Balaban J connectivity index is 1.25. The summed E-state index contributed by atoms with van der Waals surface area (Å²) < 4.78 is 41.5. The lowest BCUT2D eigenvalue weighted by Crippen LogP contribution is -2.21. The molecule has 5 aromatic rings. The Bertz CT molecular complexity index is 1700. The summed E-state index contributed by atoms with van der Waals surface area (Å²) in [6, 6.07) is 23.7. The maximum atomic E-state index is 13.1. The summed E-state index contributed by atoms with van der Waals surface area (Å²) in [7, 11) is -2.98. The molecule has 10 heteroatoms. The van der Waals surface area contributed by atoms with Gasteiger partial charge in [-0.25, -0.2) is 22.8 Å². The van der Waals surface area contributed by atoms with Crippen LogP contribution in [0.4, 0.5) is 15.9 Å². The highest BCUT2D eigenvalue weighted by molar-refractivity contribution is 7.90. The van der Waals surface area contributed by atoms with Gasteiger partial charge in [-0.3, -0.25) is 4.98 Å². The first-order valence-electron chi connectivity index (χ1n) is 12.7. The summed E-state index contributed by atoms with van der Waals surface area (Å²) in [5, 5.41) is 7.34. The van der Waals surface area contributed by atoms with E-state index < -0.39 is 9.84 Å². The molecule has 0 spiro atoms. The van der Waals surface area contributed by atoms with Gasteiger partial charge < -0.3 is 15.4 Å². The summed E-state index contributed by atoms with van der Waals surface area (Å²) in [6.07, 6.45) is 4.46. The second kappa shape index (κ2) is 12.2. The third kappa shape index (κ3) is 7.37. The fraction of sp³-hybridized carbons (Fsp3) is 0.167. The van der Waals surface area contributed by atoms with Gasteiger partial charge in [-0.05, 0) is 53.6 Å². The van der Waals surface area contributed by atoms with Crippen LogP contribution in [0.3, 0.4) is 0 Å². The average Bonchev–Trinajstić information content (AvgIpc) is 2.96. The van der Waals surface area contributed by atoms with Gasteiger partial charge in [0.2, 0.25) is 0 Å². The Morgan fingerprint density at radius 3 is 2.33 bits per heavy atom. The van der Waals surface area contributed by atoms with Crippen LogP contribution in [0.15, 0.2) is 91.4 Å². The third-order valence-electron chi connectivity index (χ3n) is 6.19. The van der Waals surface area contributed by atoms with Crippen molar-refractivity contribution in [1.29, 1.82) is 0 Å². The van der Waals surface area contributed by atoms with Gasteiger partial charge in [-0.2, -0.15) is 0 Å². The SMILES string of the molecule is CS(=O)(=O)CCNCc1ccc(-c2cc3c(Nc4ccc(OCc5ccc(F)cc5)cc4)ncnc3cn2)cc1. The minimum absolute atomic E-state index is 0.111. The van der Waals surface area contributed by atoms with Gasteiger partial charge in [-0.1, -0.05) is 36.4 Å². The third-order valence-corrected chi connectivity index (χ3v) is 7.13. The van der Waals surface area contributed by atoms with Crippen molar-refractivity contribution in [3.05, 3.63) is 108 Å². The first-order chi connectivity index (χ1) is 19.3. The van der Waals surface area contributed by atoms with E-state index in [0.717, 1.165) is 33.5 Å². The molecule has 2 heterocycles. The van der Waals surface area contributed by atoms with Crippen molar-refractivity contribution in [3.63, 3.8) is 0 Å². The Hall–Kier alpha value is -4.41. The van der Waals surface area contributed by atoms with E-state index >= 15 is 0 Å². The lowest BCUT2D eigenvalue weighted by molar-refractivity contribution is 0.306. The molecule has 0 aliphatic heterocycles. The largest absolute Gasteiger partial charge is 0.489 e. The van der Waals surface area contributed by atoms with Crippen LogP contribution in [0.1, 0.15) is 11.1 Å². The fourth-order valence-electron chi connectivity index (χ4n) is 4.02. The number of benzene rings is 3. The number of hydrogen-bond acceptors (Lipinski definition) is 8. The number of aromatic nitrogens is 3. The standard InChI is InChI=1S/C30H28FN5O3S/c1-40(37,38)15-14-32-17-21-2-6-23(7-3-21)28-16-27-29(18-33-28)34-20-35-30(27)36-25-10-12-26(13-11-25)39-19-22-4-8-24(31)9-5-22/h2-13,16,18,20,32H,14-15,17,19H2,1H3,(H,34,35,36). The van der Waals surface area contributed by atoms with E-state index in [9.17, 15) is 12.8 Å². The molecule has 40 heavy (non-hydrogen) atoms. The number of halogens is 1. The molecule has 2 N–H and O–H groups in total. The first-order valence-corrected chi connectivity index (χ1v) is 14.7. The van der Waals surface area contributed by atoms with Crippen molar-refractivity contribution in [2.75, 3.05) is 23.9 Å². The fourth-order valence-corrected chi connectivity index (χ4v) is 4.53. The number of ether oxygens (including phenoxy) is 1. The predicted octanol–water partition coefficient (Wildman–Crippen LogP) is 5.29. The first kappa shape index (κ1) is 27.2. The molecule has 204 valence electrons. The Kier molecular flexibility index (Phi) is 8.28. The van der Waals surface area contributed by atoms with Gasteiger partial charge >= 0.3 is 0 Å². The molecule has 8 nitrogen and oxygen atoms in total. The van der Waals surface area contributed by atoms with Crippen LogP contribution in [-0.4, -0.2) is 41.9 Å². The number of rotatable bonds is 11. The zero-order valence-corrected chi connectivity index (χ0v) is 22.7. The molecule has 0 saturated carbocycles. The van der Waals surface area contributed by atoms with E-state index in [2.05, 4.69) is 25.6 Å². The number of fused-ring (bicyclic) bond motifs is 1. The van der Waals surface area contributed by atoms with Crippen molar-refractivity contribution < 1.29 is 17.5 Å². The Morgan fingerprint density at radius 1 is 0.875 bits per heavy atom. The van der Waals surface area contributed by atoms with Gasteiger partial charge in [-0.15, -0.1) is 0 Å². The van der Waals surface area contributed by atoms with Gasteiger partial charge in [0.05, 0.1) is 23.2 Å². The Labute approximate surface area is 232 Å². The highest BCUT2D eigenvalue weighted by Crippen LogP contribution is 2.28. The summed E-state index contributed by atoms with van der Waals surface area (Å²) in [5.41, 5.74) is 5.21. The van der Waals surface area contributed by atoms with Gasteiger partial charge in [0.1, 0.15) is 40.2 Å². The quantitative estimate of drug-likeness (QED) is 0.211. The monoisotopic (exact) mass is 557 g/mol. The molecule has 2 aromatic heterocycles. The van der Waals surface area contributed by atoms with Crippen molar-refractivity contribution >= 4 is 32.2 Å².